The molecule has 3 unspecified atom stereocenters. The van der Waals surface area contributed by atoms with Crippen LogP contribution in [0.4, 0.5) is 4.39 Å². The van der Waals surface area contributed by atoms with Crippen molar-refractivity contribution in [3.05, 3.63) is 30.1 Å². The number of carbonyl (C=O) groups is 2. The maximum absolute atomic E-state index is 13.3. The SMILES string of the molecule is CC(CNC(=O)C1CC1C(=O)O)Oc1ccccc1F. The molecule has 1 fully saturated rings. The van der Waals surface area contributed by atoms with Crippen LogP contribution in [0.15, 0.2) is 24.3 Å². The van der Waals surface area contributed by atoms with Gasteiger partial charge in [-0.25, -0.2) is 4.39 Å². The average Bonchev–Trinajstić information content (AvgIpc) is 3.19. The molecule has 1 amide bonds. The Hall–Kier alpha value is -2.11. The lowest BCUT2D eigenvalue weighted by Gasteiger charge is -2.15. The number of carboxylic acid groups (broad SMARTS) is 1. The third-order valence-corrected chi connectivity index (χ3v) is 3.17. The Balaban J connectivity index is 1.76. The number of carboxylic acids is 1. The zero-order valence-electron chi connectivity index (χ0n) is 11.0. The predicted molar refractivity (Wildman–Crippen MR) is 68.7 cm³/mol. The van der Waals surface area contributed by atoms with Crippen molar-refractivity contribution in [3.63, 3.8) is 0 Å². The zero-order valence-corrected chi connectivity index (χ0v) is 11.0. The smallest absolute Gasteiger partial charge is 0.307 e. The molecule has 3 atom stereocenters. The molecule has 1 aromatic rings. The first kappa shape index (κ1) is 14.3. The van der Waals surface area contributed by atoms with Crippen molar-refractivity contribution in [1.29, 1.82) is 0 Å². The number of amides is 1. The van der Waals surface area contributed by atoms with E-state index in [-0.39, 0.29) is 18.2 Å². The fourth-order valence-corrected chi connectivity index (χ4v) is 1.93. The highest BCUT2D eigenvalue weighted by Gasteiger charge is 2.48. The summed E-state index contributed by atoms with van der Waals surface area (Å²) >= 11 is 0. The van der Waals surface area contributed by atoms with Gasteiger partial charge in [-0.15, -0.1) is 0 Å². The van der Waals surface area contributed by atoms with E-state index in [1.165, 1.54) is 12.1 Å². The summed E-state index contributed by atoms with van der Waals surface area (Å²) in [6, 6.07) is 6.02. The van der Waals surface area contributed by atoms with Gasteiger partial charge in [0.2, 0.25) is 5.91 Å². The molecule has 2 rings (SSSR count). The first-order valence-electron chi connectivity index (χ1n) is 6.40. The van der Waals surface area contributed by atoms with Gasteiger partial charge in [-0.1, -0.05) is 12.1 Å². The number of ether oxygens (including phenoxy) is 1. The number of carbonyl (C=O) groups excluding carboxylic acids is 1. The minimum atomic E-state index is -0.944. The number of halogens is 1. The van der Waals surface area contributed by atoms with Crippen LogP contribution in [0.3, 0.4) is 0 Å². The minimum Gasteiger partial charge on any atom is -0.486 e. The number of hydrogen-bond donors (Lipinski definition) is 2. The summed E-state index contributed by atoms with van der Waals surface area (Å²) in [5.74, 6) is -2.59. The molecule has 0 aromatic heterocycles. The summed E-state index contributed by atoms with van der Waals surface area (Å²) in [5.41, 5.74) is 0. The molecule has 20 heavy (non-hydrogen) atoms. The van der Waals surface area contributed by atoms with Gasteiger partial charge in [0.15, 0.2) is 11.6 Å². The quantitative estimate of drug-likeness (QED) is 0.827. The van der Waals surface area contributed by atoms with E-state index in [9.17, 15) is 14.0 Å². The molecule has 0 spiro atoms. The Bertz CT molecular complexity index is 520. The second-order valence-corrected chi connectivity index (χ2v) is 4.89. The van der Waals surface area contributed by atoms with Crippen molar-refractivity contribution in [2.24, 2.45) is 11.8 Å². The molecule has 0 bridgehead atoms. The highest BCUT2D eigenvalue weighted by molar-refractivity contribution is 5.89. The highest BCUT2D eigenvalue weighted by atomic mass is 19.1. The number of para-hydroxylation sites is 1. The van der Waals surface area contributed by atoms with Gasteiger partial charge in [-0.2, -0.15) is 0 Å². The number of nitrogens with one attached hydrogen (secondary N) is 1. The third kappa shape index (κ3) is 3.46. The molecule has 0 radical (unpaired) electrons. The summed E-state index contributed by atoms with van der Waals surface area (Å²) in [6.45, 7) is 1.91. The molecular weight excluding hydrogens is 265 g/mol. The Morgan fingerprint density at radius 1 is 1.45 bits per heavy atom. The summed E-state index contributed by atoms with van der Waals surface area (Å²) in [7, 11) is 0. The topological polar surface area (TPSA) is 75.6 Å². The van der Waals surface area contributed by atoms with Crippen LogP contribution in [0.5, 0.6) is 5.75 Å². The van der Waals surface area contributed by atoms with Crippen LogP contribution in [-0.4, -0.2) is 29.6 Å². The van der Waals surface area contributed by atoms with Crippen LogP contribution in [0.1, 0.15) is 13.3 Å². The summed E-state index contributed by atoms with van der Waals surface area (Å²) in [5, 5.41) is 11.3. The van der Waals surface area contributed by atoms with Gasteiger partial charge in [0, 0.05) is 0 Å². The fraction of sp³-hybridized carbons (Fsp3) is 0.429. The molecule has 2 N–H and O–H groups in total. The Morgan fingerprint density at radius 3 is 2.75 bits per heavy atom. The maximum atomic E-state index is 13.3. The van der Waals surface area contributed by atoms with E-state index < -0.39 is 29.7 Å². The predicted octanol–water partition coefficient (Wildman–Crippen LogP) is 1.43. The van der Waals surface area contributed by atoms with Crippen molar-refractivity contribution >= 4 is 11.9 Å². The summed E-state index contributed by atoms with van der Waals surface area (Å²) < 4.78 is 18.7. The van der Waals surface area contributed by atoms with Crippen molar-refractivity contribution in [3.8, 4) is 5.75 Å². The minimum absolute atomic E-state index is 0.129. The van der Waals surface area contributed by atoms with Gasteiger partial charge in [0.25, 0.3) is 0 Å². The molecular formula is C14H16FNO4. The van der Waals surface area contributed by atoms with Crippen molar-refractivity contribution in [2.75, 3.05) is 6.54 Å². The Kier molecular flexibility index (Phi) is 4.22. The molecule has 1 aliphatic rings. The summed E-state index contributed by atoms with van der Waals surface area (Å²) in [4.78, 5) is 22.3. The number of aliphatic carboxylic acids is 1. The molecule has 6 heteroatoms. The Morgan fingerprint density at radius 2 is 2.15 bits per heavy atom. The molecule has 0 heterocycles. The zero-order chi connectivity index (χ0) is 14.7. The summed E-state index contributed by atoms with van der Waals surface area (Å²) in [6.07, 6.45) is -0.0261. The van der Waals surface area contributed by atoms with E-state index in [2.05, 4.69) is 5.32 Å². The van der Waals surface area contributed by atoms with Gasteiger partial charge in [-0.05, 0) is 25.5 Å². The van der Waals surface area contributed by atoms with Gasteiger partial charge >= 0.3 is 5.97 Å². The van der Waals surface area contributed by atoms with Gasteiger partial charge < -0.3 is 15.2 Å². The first-order valence-corrected chi connectivity index (χ1v) is 6.40. The van der Waals surface area contributed by atoms with E-state index in [1.807, 2.05) is 0 Å². The van der Waals surface area contributed by atoms with Crippen molar-refractivity contribution < 1.29 is 23.8 Å². The van der Waals surface area contributed by atoms with Crippen molar-refractivity contribution in [1.82, 2.24) is 5.32 Å². The first-order chi connectivity index (χ1) is 9.49. The van der Waals surface area contributed by atoms with Crippen LogP contribution in [0.2, 0.25) is 0 Å². The van der Waals surface area contributed by atoms with Gasteiger partial charge in [0.1, 0.15) is 6.10 Å². The number of hydrogen-bond acceptors (Lipinski definition) is 3. The van der Waals surface area contributed by atoms with Crippen LogP contribution >= 0.6 is 0 Å². The molecule has 1 saturated carbocycles. The number of benzene rings is 1. The van der Waals surface area contributed by atoms with E-state index in [0.29, 0.717) is 6.42 Å². The van der Waals surface area contributed by atoms with Crippen LogP contribution in [-0.2, 0) is 9.59 Å². The molecule has 1 aliphatic carbocycles. The molecule has 0 aliphatic heterocycles. The third-order valence-electron chi connectivity index (χ3n) is 3.17. The molecule has 1 aromatic carbocycles. The highest BCUT2D eigenvalue weighted by Crippen LogP contribution is 2.38. The van der Waals surface area contributed by atoms with Crippen LogP contribution in [0, 0.1) is 17.7 Å². The maximum Gasteiger partial charge on any atom is 0.307 e. The van der Waals surface area contributed by atoms with Crippen molar-refractivity contribution in [2.45, 2.75) is 19.4 Å². The van der Waals surface area contributed by atoms with Crippen LogP contribution < -0.4 is 10.1 Å². The fourth-order valence-electron chi connectivity index (χ4n) is 1.93. The lowest BCUT2D eigenvalue weighted by atomic mass is 10.3. The molecule has 108 valence electrons. The second kappa shape index (κ2) is 5.90. The van der Waals surface area contributed by atoms with E-state index in [4.69, 9.17) is 9.84 Å². The Labute approximate surface area is 115 Å². The molecule has 0 saturated heterocycles. The largest absolute Gasteiger partial charge is 0.486 e. The van der Waals surface area contributed by atoms with Gasteiger partial charge in [0.05, 0.1) is 18.4 Å². The van der Waals surface area contributed by atoms with E-state index in [1.54, 1.807) is 19.1 Å². The van der Waals surface area contributed by atoms with Gasteiger partial charge in [-0.3, -0.25) is 9.59 Å². The standard InChI is InChI=1S/C14H16FNO4/c1-8(20-12-5-3-2-4-11(12)15)7-16-13(17)9-6-10(9)14(18)19/h2-5,8-10H,6-7H2,1H3,(H,16,17)(H,18,19). The average molecular weight is 281 g/mol. The number of rotatable bonds is 6. The second-order valence-electron chi connectivity index (χ2n) is 4.89. The normalized spacial score (nSPS) is 21.9. The molecule has 5 nitrogen and oxygen atoms in total. The van der Waals surface area contributed by atoms with E-state index >= 15 is 0 Å². The van der Waals surface area contributed by atoms with E-state index in [0.717, 1.165) is 0 Å². The van der Waals surface area contributed by atoms with Crippen LogP contribution in [0.25, 0.3) is 0 Å². The lowest BCUT2D eigenvalue weighted by Crippen LogP contribution is -2.35. The lowest BCUT2D eigenvalue weighted by molar-refractivity contribution is -0.140. The monoisotopic (exact) mass is 281 g/mol.